The Morgan fingerprint density at radius 1 is 0.971 bits per heavy atom. The molecule has 0 heterocycles. The molecule has 3 aromatic rings. The van der Waals surface area contributed by atoms with Crippen LogP contribution in [0.1, 0.15) is 18.1 Å². The van der Waals surface area contributed by atoms with Gasteiger partial charge in [0.15, 0.2) is 0 Å². The Morgan fingerprint density at radius 2 is 1.63 bits per heavy atom. The summed E-state index contributed by atoms with van der Waals surface area (Å²) in [4.78, 5) is 27.6. The molecule has 0 aliphatic carbocycles. The van der Waals surface area contributed by atoms with E-state index in [4.69, 9.17) is 0 Å². The van der Waals surface area contributed by atoms with Crippen LogP contribution in [0.15, 0.2) is 88.2 Å². The molecule has 0 bridgehead atoms. The maximum atomic E-state index is 13.7. The molecule has 7 nitrogen and oxygen atoms in total. The Morgan fingerprint density at radius 3 is 2.23 bits per heavy atom. The third kappa shape index (κ3) is 6.49. The number of sulfonamides is 1. The van der Waals surface area contributed by atoms with E-state index in [0.717, 1.165) is 19.9 Å². The maximum absolute atomic E-state index is 13.7. The molecule has 1 atom stereocenters. The molecule has 0 aromatic heterocycles. The standard InChI is InChI=1S/C26H28BrN3O4S/c1-19-12-14-23(15-13-19)30(35(33,34)24-10-5-4-6-11-24)18-25(31)29(20(2)26(32)28-3)17-21-8-7-9-22(27)16-21/h4-16,20H,17-18H2,1-3H3,(H,28,32). The molecule has 3 rings (SSSR count). The molecule has 184 valence electrons. The second-order valence-electron chi connectivity index (χ2n) is 8.10. The molecular formula is C26H28BrN3O4S. The molecule has 1 unspecified atom stereocenters. The Balaban J connectivity index is 2.01. The van der Waals surface area contributed by atoms with E-state index in [1.165, 1.54) is 24.1 Å². The summed E-state index contributed by atoms with van der Waals surface area (Å²) in [5.41, 5.74) is 2.13. The smallest absolute Gasteiger partial charge is 0.264 e. The fourth-order valence-electron chi connectivity index (χ4n) is 3.58. The van der Waals surface area contributed by atoms with Gasteiger partial charge in [-0.25, -0.2) is 8.42 Å². The molecule has 0 aliphatic rings. The van der Waals surface area contributed by atoms with E-state index < -0.39 is 28.5 Å². The summed E-state index contributed by atoms with van der Waals surface area (Å²) in [6.45, 7) is 3.20. The van der Waals surface area contributed by atoms with Gasteiger partial charge in [-0.2, -0.15) is 0 Å². The van der Waals surface area contributed by atoms with Gasteiger partial charge in [-0.15, -0.1) is 0 Å². The summed E-state index contributed by atoms with van der Waals surface area (Å²) in [5.74, 6) is -0.845. The number of benzene rings is 3. The van der Waals surface area contributed by atoms with Gasteiger partial charge in [0, 0.05) is 18.1 Å². The number of carbonyl (C=O) groups excluding carboxylic acids is 2. The van der Waals surface area contributed by atoms with E-state index in [1.807, 2.05) is 31.2 Å². The monoisotopic (exact) mass is 557 g/mol. The molecule has 1 N–H and O–H groups in total. The molecule has 0 saturated carbocycles. The van der Waals surface area contributed by atoms with Crippen LogP contribution >= 0.6 is 15.9 Å². The van der Waals surface area contributed by atoms with Gasteiger partial charge < -0.3 is 10.2 Å². The molecule has 0 aliphatic heterocycles. The zero-order valence-corrected chi connectivity index (χ0v) is 22.2. The second-order valence-corrected chi connectivity index (χ2v) is 10.9. The highest BCUT2D eigenvalue weighted by atomic mass is 79.9. The minimum atomic E-state index is -4.05. The zero-order valence-electron chi connectivity index (χ0n) is 19.8. The van der Waals surface area contributed by atoms with Crippen molar-refractivity contribution >= 4 is 43.5 Å². The first kappa shape index (κ1) is 26.4. The van der Waals surface area contributed by atoms with E-state index in [2.05, 4.69) is 21.2 Å². The van der Waals surface area contributed by atoms with Crippen molar-refractivity contribution in [3.05, 3.63) is 94.5 Å². The molecule has 9 heteroatoms. The van der Waals surface area contributed by atoms with Crippen molar-refractivity contribution in [1.82, 2.24) is 10.2 Å². The molecular weight excluding hydrogens is 530 g/mol. The summed E-state index contributed by atoms with van der Waals surface area (Å²) in [7, 11) is -2.55. The van der Waals surface area contributed by atoms with E-state index in [0.29, 0.717) is 5.69 Å². The highest BCUT2D eigenvalue weighted by Gasteiger charge is 2.32. The number of rotatable bonds is 9. The molecule has 35 heavy (non-hydrogen) atoms. The number of hydrogen-bond donors (Lipinski definition) is 1. The second kappa shape index (κ2) is 11.5. The van der Waals surface area contributed by atoms with Crippen molar-refractivity contribution in [3.8, 4) is 0 Å². The fourth-order valence-corrected chi connectivity index (χ4v) is 5.46. The molecule has 0 radical (unpaired) electrons. The summed E-state index contributed by atoms with van der Waals surface area (Å²) in [6.07, 6.45) is 0. The van der Waals surface area contributed by atoms with E-state index in [1.54, 1.807) is 49.4 Å². The minimum absolute atomic E-state index is 0.0752. The van der Waals surface area contributed by atoms with Gasteiger partial charge in [0.1, 0.15) is 12.6 Å². The van der Waals surface area contributed by atoms with Gasteiger partial charge in [0.2, 0.25) is 11.8 Å². The average molecular weight is 558 g/mol. The van der Waals surface area contributed by atoms with Crippen LogP contribution < -0.4 is 9.62 Å². The SMILES string of the molecule is CNC(=O)C(C)N(Cc1cccc(Br)c1)C(=O)CN(c1ccc(C)cc1)S(=O)(=O)c1ccccc1. The highest BCUT2D eigenvalue weighted by molar-refractivity contribution is 9.10. The lowest BCUT2D eigenvalue weighted by molar-refractivity contribution is -0.139. The van der Waals surface area contributed by atoms with Crippen molar-refractivity contribution in [2.45, 2.75) is 31.3 Å². The van der Waals surface area contributed by atoms with Crippen LogP contribution in [0.25, 0.3) is 0 Å². The predicted molar refractivity (Wildman–Crippen MR) is 140 cm³/mol. The lowest BCUT2D eigenvalue weighted by atomic mass is 10.1. The number of nitrogens with one attached hydrogen (secondary N) is 1. The third-order valence-corrected chi connectivity index (χ3v) is 7.87. The Kier molecular flexibility index (Phi) is 8.69. The summed E-state index contributed by atoms with van der Waals surface area (Å²) >= 11 is 3.43. The largest absolute Gasteiger partial charge is 0.357 e. The lowest BCUT2D eigenvalue weighted by Crippen LogP contribution is -2.50. The normalized spacial score (nSPS) is 12.0. The number of halogens is 1. The molecule has 0 saturated heterocycles. The van der Waals surface area contributed by atoms with Crippen LogP contribution in [-0.2, 0) is 26.2 Å². The third-order valence-electron chi connectivity index (χ3n) is 5.59. The number of aryl methyl sites for hydroxylation is 1. The van der Waals surface area contributed by atoms with Gasteiger partial charge >= 0.3 is 0 Å². The maximum Gasteiger partial charge on any atom is 0.264 e. The molecule has 3 aromatic carbocycles. The summed E-state index contributed by atoms with van der Waals surface area (Å²) in [6, 6.07) is 21.5. The van der Waals surface area contributed by atoms with Gasteiger partial charge in [0.05, 0.1) is 10.6 Å². The van der Waals surface area contributed by atoms with Gasteiger partial charge in [-0.3, -0.25) is 13.9 Å². The van der Waals surface area contributed by atoms with Gasteiger partial charge in [0.25, 0.3) is 10.0 Å². The number of nitrogens with zero attached hydrogens (tertiary/aromatic N) is 2. The van der Waals surface area contributed by atoms with E-state index in [-0.39, 0.29) is 17.3 Å². The Bertz CT molecular complexity index is 1280. The lowest BCUT2D eigenvalue weighted by Gasteiger charge is -2.31. The number of amides is 2. The molecule has 0 fully saturated rings. The first-order valence-electron chi connectivity index (χ1n) is 11.0. The average Bonchev–Trinajstić information content (AvgIpc) is 2.86. The number of likely N-dealkylation sites (N-methyl/N-ethyl adjacent to an activating group) is 1. The zero-order chi connectivity index (χ0) is 25.6. The Labute approximate surface area is 214 Å². The quantitative estimate of drug-likeness (QED) is 0.428. The van der Waals surface area contributed by atoms with Crippen LogP contribution in [0, 0.1) is 6.92 Å². The number of carbonyl (C=O) groups is 2. The van der Waals surface area contributed by atoms with Crippen LogP contribution in [-0.4, -0.2) is 44.8 Å². The molecule has 0 spiro atoms. The number of anilines is 1. The first-order chi connectivity index (χ1) is 16.6. The van der Waals surface area contributed by atoms with Crippen molar-refractivity contribution in [2.75, 3.05) is 17.9 Å². The fraction of sp³-hybridized carbons (Fsp3) is 0.231. The van der Waals surface area contributed by atoms with Crippen molar-refractivity contribution in [1.29, 1.82) is 0 Å². The van der Waals surface area contributed by atoms with Crippen molar-refractivity contribution in [2.24, 2.45) is 0 Å². The van der Waals surface area contributed by atoms with Gasteiger partial charge in [-0.05, 0) is 55.8 Å². The van der Waals surface area contributed by atoms with Gasteiger partial charge in [-0.1, -0.05) is 64.0 Å². The number of hydrogen-bond acceptors (Lipinski definition) is 4. The van der Waals surface area contributed by atoms with Crippen LogP contribution in [0.4, 0.5) is 5.69 Å². The van der Waals surface area contributed by atoms with Crippen molar-refractivity contribution < 1.29 is 18.0 Å². The topological polar surface area (TPSA) is 86.8 Å². The van der Waals surface area contributed by atoms with Crippen LogP contribution in [0.2, 0.25) is 0 Å². The summed E-state index contributed by atoms with van der Waals surface area (Å²) < 4.78 is 29.1. The van der Waals surface area contributed by atoms with E-state index >= 15 is 0 Å². The van der Waals surface area contributed by atoms with Crippen LogP contribution in [0.3, 0.4) is 0 Å². The molecule has 2 amide bonds. The minimum Gasteiger partial charge on any atom is -0.357 e. The van der Waals surface area contributed by atoms with Crippen molar-refractivity contribution in [3.63, 3.8) is 0 Å². The summed E-state index contributed by atoms with van der Waals surface area (Å²) in [5, 5.41) is 2.57. The highest BCUT2D eigenvalue weighted by Crippen LogP contribution is 2.25. The first-order valence-corrected chi connectivity index (χ1v) is 13.3. The van der Waals surface area contributed by atoms with Crippen LogP contribution in [0.5, 0.6) is 0 Å². The predicted octanol–water partition coefficient (Wildman–Crippen LogP) is 4.12. The van der Waals surface area contributed by atoms with E-state index in [9.17, 15) is 18.0 Å². The Hall–Kier alpha value is -3.17.